The number of fused-ring (bicyclic) bond motifs is 1. The lowest BCUT2D eigenvalue weighted by Crippen LogP contribution is -2.22. The van der Waals surface area contributed by atoms with Crippen LogP contribution in [0.4, 0.5) is 6.01 Å². The molecule has 5 heteroatoms. The molecule has 1 aliphatic carbocycles. The molecule has 1 saturated carbocycles. The van der Waals surface area contributed by atoms with E-state index in [0.29, 0.717) is 18.7 Å². The van der Waals surface area contributed by atoms with Crippen LogP contribution in [0.15, 0.2) is 40.8 Å². The van der Waals surface area contributed by atoms with Crippen molar-refractivity contribution in [2.24, 2.45) is 0 Å². The molecule has 0 unspecified atom stereocenters. The number of ether oxygens (including phenoxy) is 1. The SMILES string of the molecule is COCc1cc(-c2ccc3oc(NC4CCCCC4)nc3c2)ccc1O. The van der Waals surface area contributed by atoms with Crippen molar-refractivity contribution in [1.82, 2.24) is 4.98 Å². The molecular weight excluding hydrogens is 328 g/mol. The Balaban J connectivity index is 1.60. The van der Waals surface area contributed by atoms with Crippen LogP contribution in [0.3, 0.4) is 0 Å². The van der Waals surface area contributed by atoms with Crippen LogP contribution in [-0.4, -0.2) is 23.2 Å². The summed E-state index contributed by atoms with van der Waals surface area (Å²) in [5.74, 6) is 0.247. The van der Waals surface area contributed by atoms with Gasteiger partial charge in [0.05, 0.1) is 6.61 Å². The molecule has 1 fully saturated rings. The Morgan fingerprint density at radius 1 is 1.12 bits per heavy atom. The first-order valence-corrected chi connectivity index (χ1v) is 9.21. The maximum Gasteiger partial charge on any atom is 0.295 e. The Hall–Kier alpha value is -2.53. The van der Waals surface area contributed by atoms with Crippen molar-refractivity contribution in [3.63, 3.8) is 0 Å². The standard InChI is InChI=1S/C21H24N2O3/c1-25-13-16-11-14(7-9-19(16)24)15-8-10-20-18(12-15)23-21(26-20)22-17-5-3-2-4-6-17/h7-12,17,24H,2-6,13H2,1H3,(H,22,23). The summed E-state index contributed by atoms with van der Waals surface area (Å²) in [5, 5.41) is 13.4. The number of oxazole rings is 1. The van der Waals surface area contributed by atoms with Gasteiger partial charge in [-0.05, 0) is 48.2 Å². The summed E-state index contributed by atoms with van der Waals surface area (Å²) in [6, 6.07) is 12.6. The summed E-state index contributed by atoms with van der Waals surface area (Å²) in [7, 11) is 1.62. The summed E-state index contributed by atoms with van der Waals surface area (Å²) in [6.45, 7) is 0.376. The van der Waals surface area contributed by atoms with E-state index in [0.717, 1.165) is 27.8 Å². The zero-order valence-corrected chi connectivity index (χ0v) is 15.0. The largest absolute Gasteiger partial charge is 0.508 e. The molecule has 0 amide bonds. The molecular formula is C21H24N2O3. The first kappa shape index (κ1) is 16.9. The zero-order chi connectivity index (χ0) is 17.9. The number of nitrogens with zero attached hydrogens (tertiary/aromatic N) is 1. The highest BCUT2D eigenvalue weighted by Gasteiger charge is 2.16. The Bertz CT molecular complexity index is 897. The minimum absolute atomic E-state index is 0.247. The fraction of sp³-hybridized carbons (Fsp3) is 0.381. The second-order valence-corrected chi connectivity index (χ2v) is 6.96. The Morgan fingerprint density at radius 2 is 1.88 bits per heavy atom. The van der Waals surface area contributed by atoms with Gasteiger partial charge in [0.15, 0.2) is 5.58 Å². The van der Waals surface area contributed by atoms with Gasteiger partial charge >= 0.3 is 0 Å². The van der Waals surface area contributed by atoms with Gasteiger partial charge in [-0.25, -0.2) is 0 Å². The average Bonchev–Trinajstić information content (AvgIpc) is 3.06. The van der Waals surface area contributed by atoms with Crippen molar-refractivity contribution in [2.75, 3.05) is 12.4 Å². The van der Waals surface area contributed by atoms with Crippen LogP contribution >= 0.6 is 0 Å². The van der Waals surface area contributed by atoms with Crippen LogP contribution in [0.2, 0.25) is 0 Å². The van der Waals surface area contributed by atoms with Crippen LogP contribution in [0.5, 0.6) is 5.75 Å². The molecule has 1 aliphatic rings. The molecule has 0 atom stereocenters. The van der Waals surface area contributed by atoms with Gasteiger partial charge in [-0.2, -0.15) is 4.98 Å². The van der Waals surface area contributed by atoms with Gasteiger partial charge in [-0.3, -0.25) is 0 Å². The summed E-state index contributed by atoms with van der Waals surface area (Å²) in [4.78, 5) is 4.62. The van der Waals surface area contributed by atoms with Gasteiger partial charge in [0, 0.05) is 18.7 Å². The zero-order valence-electron chi connectivity index (χ0n) is 15.0. The highest BCUT2D eigenvalue weighted by molar-refractivity contribution is 5.81. The minimum atomic E-state index is 0.247. The summed E-state index contributed by atoms with van der Waals surface area (Å²) in [5.41, 5.74) is 4.43. The lowest BCUT2D eigenvalue weighted by molar-refractivity contribution is 0.182. The maximum absolute atomic E-state index is 9.93. The molecule has 2 N–H and O–H groups in total. The smallest absolute Gasteiger partial charge is 0.295 e. The van der Waals surface area contributed by atoms with Crippen molar-refractivity contribution >= 4 is 17.1 Å². The van der Waals surface area contributed by atoms with Gasteiger partial charge in [0.25, 0.3) is 6.01 Å². The number of methoxy groups -OCH3 is 1. The third-order valence-electron chi connectivity index (χ3n) is 5.03. The second-order valence-electron chi connectivity index (χ2n) is 6.96. The highest BCUT2D eigenvalue weighted by Crippen LogP contribution is 2.30. The van der Waals surface area contributed by atoms with E-state index in [1.807, 2.05) is 30.3 Å². The molecule has 0 spiro atoms. The summed E-state index contributed by atoms with van der Waals surface area (Å²) < 4.78 is 11.0. The lowest BCUT2D eigenvalue weighted by atomic mass is 9.96. The van der Waals surface area contributed by atoms with Crippen molar-refractivity contribution in [2.45, 2.75) is 44.8 Å². The van der Waals surface area contributed by atoms with Gasteiger partial charge < -0.3 is 19.6 Å². The predicted molar refractivity (Wildman–Crippen MR) is 102 cm³/mol. The fourth-order valence-corrected chi connectivity index (χ4v) is 3.63. The van der Waals surface area contributed by atoms with E-state index >= 15 is 0 Å². The van der Waals surface area contributed by atoms with Gasteiger partial charge in [-0.15, -0.1) is 0 Å². The number of aromatic hydroxyl groups is 1. The second kappa shape index (κ2) is 7.38. The third kappa shape index (κ3) is 3.53. The Labute approximate surface area is 153 Å². The van der Waals surface area contributed by atoms with E-state index in [9.17, 15) is 5.11 Å². The van der Waals surface area contributed by atoms with Gasteiger partial charge in [0.2, 0.25) is 0 Å². The summed E-state index contributed by atoms with van der Waals surface area (Å²) >= 11 is 0. The van der Waals surface area contributed by atoms with E-state index in [-0.39, 0.29) is 5.75 Å². The van der Waals surface area contributed by atoms with Crippen LogP contribution in [-0.2, 0) is 11.3 Å². The van der Waals surface area contributed by atoms with Crippen LogP contribution in [0.1, 0.15) is 37.7 Å². The first-order valence-electron chi connectivity index (χ1n) is 9.21. The van der Waals surface area contributed by atoms with E-state index in [1.165, 1.54) is 32.1 Å². The number of hydrogen-bond acceptors (Lipinski definition) is 5. The van der Waals surface area contributed by atoms with Crippen molar-refractivity contribution in [1.29, 1.82) is 0 Å². The molecule has 0 bridgehead atoms. The molecule has 136 valence electrons. The number of benzene rings is 2. The van der Waals surface area contributed by atoms with E-state index in [2.05, 4.69) is 10.3 Å². The van der Waals surface area contributed by atoms with Gasteiger partial charge in [-0.1, -0.05) is 31.4 Å². The quantitative estimate of drug-likeness (QED) is 0.669. The number of anilines is 1. The normalized spacial score (nSPS) is 15.4. The minimum Gasteiger partial charge on any atom is -0.508 e. The Morgan fingerprint density at radius 3 is 2.69 bits per heavy atom. The van der Waals surface area contributed by atoms with Crippen molar-refractivity contribution in [3.8, 4) is 16.9 Å². The molecule has 2 aromatic carbocycles. The van der Waals surface area contributed by atoms with E-state index in [1.54, 1.807) is 13.2 Å². The topological polar surface area (TPSA) is 67.5 Å². The molecule has 1 heterocycles. The first-order chi connectivity index (χ1) is 12.7. The van der Waals surface area contributed by atoms with Crippen LogP contribution < -0.4 is 5.32 Å². The number of rotatable bonds is 5. The highest BCUT2D eigenvalue weighted by atomic mass is 16.5. The van der Waals surface area contributed by atoms with Crippen LogP contribution in [0, 0.1) is 0 Å². The number of phenols is 1. The molecule has 26 heavy (non-hydrogen) atoms. The van der Waals surface area contributed by atoms with E-state index < -0.39 is 0 Å². The molecule has 1 aromatic heterocycles. The predicted octanol–water partition coefficient (Wildman–Crippen LogP) is 5.09. The number of phenolic OH excluding ortho intramolecular Hbond substituents is 1. The van der Waals surface area contributed by atoms with Gasteiger partial charge in [0.1, 0.15) is 11.3 Å². The lowest BCUT2D eigenvalue weighted by Gasteiger charge is -2.21. The molecule has 0 radical (unpaired) electrons. The third-order valence-corrected chi connectivity index (χ3v) is 5.03. The fourth-order valence-electron chi connectivity index (χ4n) is 3.63. The van der Waals surface area contributed by atoms with Crippen molar-refractivity contribution < 1.29 is 14.3 Å². The monoisotopic (exact) mass is 352 g/mol. The molecule has 0 saturated heterocycles. The maximum atomic E-state index is 9.93. The summed E-state index contributed by atoms with van der Waals surface area (Å²) in [6.07, 6.45) is 6.23. The van der Waals surface area contributed by atoms with Crippen LogP contribution in [0.25, 0.3) is 22.2 Å². The number of nitrogens with one attached hydrogen (secondary N) is 1. The average molecular weight is 352 g/mol. The molecule has 0 aliphatic heterocycles. The Kier molecular flexibility index (Phi) is 4.80. The van der Waals surface area contributed by atoms with Crippen molar-refractivity contribution in [3.05, 3.63) is 42.0 Å². The molecule has 4 rings (SSSR count). The van der Waals surface area contributed by atoms with E-state index in [4.69, 9.17) is 9.15 Å². The molecule has 5 nitrogen and oxygen atoms in total. The number of hydrogen-bond donors (Lipinski definition) is 2. The molecule has 3 aromatic rings. The number of aromatic nitrogens is 1.